The van der Waals surface area contributed by atoms with Crippen molar-refractivity contribution in [3.05, 3.63) is 36.9 Å². The molecule has 2 atom stereocenters. The molecule has 2 saturated carbocycles. The summed E-state index contributed by atoms with van der Waals surface area (Å²) < 4.78 is 1.69. The van der Waals surface area contributed by atoms with Gasteiger partial charge in [0.15, 0.2) is 0 Å². The first kappa shape index (κ1) is 11.6. The second-order valence-electron chi connectivity index (χ2n) is 5.80. The SMILES string of the molecule is O=C(Nc1ccc(-n2cncn2)cc1)C1CC2CC2C1. The smallest absolute Gasteiger partial charge is 0.227 e. The van der Waals surface area contributed by atoms with Crippen molar-refractivity contribution in [2.24, 2.45) is 17.8 Å². The minimum absolute atomic E-state index is 0.172. The van der Waals surface area contributed by atoms with E-state index in [1.54, 1.807) is 11.0 Å². The highest BCUT2D eigenvalue weighted by Crippen LogP contribution is 2.54. The maximum Gasteiger partial charge on any atom is 0.227 e. The molecule has 2 unspecified atom stereocenters. The number of aromatic nitrogens is 3. The minimum atomic E-state index is 0.172. The molecule has 2 aromatic rings. The molecule has 0 bridgehead atoms. The number of hydrogen-bond donors (Lipinski definition) is 1. The Morgan fingerprint density at radius 2 is 1.90 bits per heavy atom. The van der Waals surface area contributed by atoms with E-state index in [4.69, 9.17) is 0 Å². The highest BCUT2D eigenvalue weighted by molar-refractivity contribution is 5.92. The molecule has 102 valence electrons. The van der Waals surface area contributed by atoms with Crippen molar-refractivity contribution < 1.29 is 4.79 Å². The van der Waals surface area contributed by atoms with Crippen LogP contribution in [0.25, 0.3) is 5.69 Å². The van der Waals surface area contributed by atoms with Gasteiger partial charge in [0.1, 0.15) is 12.7 Å². The van der Waals surface area contributed by atoms with Gasteiger partial charge in [-0.25, -0.2) is 9.67 Å². The van der Waals surface area contributed by atoms with E-state index in [0.29, 0.717) is 0 Å². The van der Waals surface area contributed by atoms with Gasteiger partial charge >= 0.3 is 0 Å². The molecule has 5 nitrogen and oxygen atoms in total. The van der Waals surface area contributed by atoms with Crippen molar-refractivity contribution in [3.8, 4) is 5.69 Å². The number of nitrogens with one attached hydrogen (secondary N) is 1. The Kier molecular flexibility index (Phi) is 2.58. The molecular weight excluding hydrogens is 252 g/mol. The molecule has 1 aromatic carbocycles. The van der Waals surface area contributed by atoms with Crippen LogP contribution in [0.3, 0.4) is 0 Å². The van der Waals surface area contributed by atoms with Gasteiger partial charge in [0.25, 0.3) is 0 Å². The molecule has 1 amide bonds. The summed E-state index contributed by atoms with van der Waals surface area (Å²) in [5.74, 6) is 2.06. The number of benzene rings is 1. The molecule has 4 rings (SSSR count). The Hall–Kier alpha value is -2.17. The Balaban J connectivity index is 1.42. The lowest BCUT2D eigenvalue weighted by Crippen LogP contribution is -2.21. The first-order chi connectivity index (χ1) is 9.79. The highest BCUT2D eigenvalue weighted by Gasteiger charge is 2.47. The molecule has 20 heavy (non-hydrogen) atoms. The van der Waals surface area contributed by atoms with Crippen molar-refractivity contribution in [1.82, 2.24) is 14.8 Å². The zero-order valence-corrected chi connectivity index (χ0v) is 11.1. The topological polar surface area (TPSA) is 59.8 Å². The number of anilines is 1. The van der Waals surface area contributed by atoms with Gasteiger partial charge in [-0.3, -0.25) is 4.79 Å². The minimum Gasteiger partial charge on any atom is -0.326 e. The molecule has 1 N–H and O–H groups in total. The predicted octanol–water partition coefficient (Wildman–Crippen LogP) is 2.25. The third-order valence-corrected chi connectivity index (χ3v) is 4.43. The van der Waals surface area contributed by atoms with Gasteiger partial charge < -0.3 is 5.32 Å². The molecule has 2 aliphatic carbocycles. The monoisotopic (exact) mass is 268 g/mol. The van der Waals surface area contributed by atoms with Gasteiger partial charge in [0.2, 0.25) is 5.91 Å². The summed E-state index contributed by atoms with van der Waals surface area (Å²) in [4.78, 5) is 16.1. The van der Waals surface area contributed by atoms with E-state index in [1.165, 1.54) is 12.7 Å². The number of nitrogens with zero attached hydrogens (tertiary/aromatic N) is 3. The van der Waals surface area contributed by atoms with E-state index in [9.17, 15) is 4.79 Å². The third kappa shape index (κ3) is 2.09. The molecule has 1 aromatic heterocycles. The van der Waals surface area contributed by atoms with Gasteiger partial charge in [0, 0.05) is 11.6 Å². The molecule has 2 fully saturated rings. The van der Waals surface area contributed by atoms with Crippen molar-refractivity contribution in [2.45, 2.75) is 19.3 Å². The average molecular weight is 268 g/mol. The number of rotatable bonds is 3. The van der Waals surface area contributed by atoms with Gasteiger partial charge in [0.05, 0.1) is 5.69 Å². The van der Waals surface area contributed by atoms with Gasteiger partial charge in [-0.05, 0) is 55.4 Å². The summed E-state index contributed by atoms with van der Waals surface area (Å²) in [5.41, 5.74) is 1.78. The van der Waals surface area contributed by atoms with E-state index in [1.807, 2.05) is 24.3 Å². The lowest BCUT2D eigenvalue weighted by Gasteiger charge is -2.12. The first-order valence-corrected chi connectivity index (χ1v) is 7.05. The fourth-order valence-electron chi connectivity index (χ4n) is 3.21. The molecule has 1 heterocycles. The van der Waals surface area contributed by atoms with E-state index < -0.39 is 0 Å². The van der Waals surface area contributed by atoms with Crippen LogP contribution >= 0.6 is 0 Å². The van der Waals surface area contributed by atoms with Crippen molar-refractivity contribution >= 4 is 11.6 Å². The van der Waals surface area contributed by atoms with Crippen LogP contribution in [0.2, 0.25) is 0 Å². The number of hydrogen-bond acceptors (Lipinski definition) is 3. The zero-order valence-electron chi connectivity index (χ0n) is 11.1. The maximum absolute atomic E-state index is 12.2. The number of fused-ring (bicyclic) bond motifs is 1. The summed E-state index contributed by atoms with van der Waals surface area (Å²) in [6.45, 7) is 0. The standard InChI is InChI=1S/C15H16N4O/c20-15(12-6-10-5-11(10)7-12)18-13-1-3-14(4-2-13)19-9-16-8-17-19/h1-4,8-12H,5-7H2,(H,18,20). The molecule has 2 aliphatic rings. The fourth-order valence-corrected chi connectivity index (χ4v) is 3.21. The largest absolute Gasteiger partial charge is 0.326 e. The second-order valence-corrected chi connectivity index (χ2v) is 5.80. The molecule has 0 radical (unpaired) electrons. The summed E-state index contributed by atoms with van der Waals surface area (Å²) in [6.07, 6.45) is 6.65. The van der Waals surface area contributed by atoms with E-state index in [-0.39, 0.29) is 11.8 Å². The van der Waals surface area contributed by atoms with E-state index in [2.05, 4.69) is 15.4 Å². The summed E-state index contributed by atoms with van der Waals surface area (Å²) >= 11 is 0. The summed E-state index contributed by atoms with van der Waals surface area (Å²) in [7, 11) is 0. The van der Waals surface area contributed by atoms with Crippen LogP contribution in [-0.2, 0) is 4.79 Å². The van der Waals surface area contributed by atoms with Gasteiger partial charge in [-0.2, -0.15) is 5.10 Å². The number of carbonyl (C=O) groups excluding carboxylic acids is 1. The molecule has 0 aliphatic heterocycles. The Morgan fingerprint density at radius 3 is 2.55 bits per heavy atom. The van der Waals surface area contributed by atoms with E-state index >= 15 is 0 Å². The van der Waals surface area contributed by atoms with Crippen LogP contribution in [0.1, 0.15) is 19.3 Å². The van der Waals surface area contributed by atoms with Gasteiger partial charge in [-0.15, -0.1) is 0 Å². The first-order valence-electron chi connectivity index (χ1n) is 7.05. The highest BCUT2D eigenvalue weighted by atomic mass is 16.1. The molecule has 5 heteroatoms. The maximum atomic E-state index is 12.2. The van der Waals surface area contributed by atoms with Crippen LogP contribution in [0.4, 0.5) is 5.69 Å². The van der Waals surface area contributed by atoms with Crippen LogP contribution < -0.4 is 5.32 Å². The van der Waals surface area contributed by atoms with E-state index in [0.717, 1.165) is 36.1 Å². The normalized spacial score (nSPS) is 27.1. The summed E-state index contributed by atoms with van der Waals surface area (Å²) in [5, 5.41) is 7.08. The average Bonchev–Trinajstić information content (AvgIpc) is 2.92. The number of amides is 1. The Morgan fingerprint density at radius 1 is 1.15 bits per heavy atom. The molecule has 0 saturated heterocycles. The van der Waals surface area contributed by atoms with Crippen LogP contribution in [0, 0.1) is 17.8 Å². The number of carbonyl (C=O) groups is 1. The Labute approximate surface area is 117 Å². The fraction of sp³-hybridized carbons (Fsp3) is 0.400. The van der Waals surface area contributed by atoms with Crippen LogP contribution in [0.5, 0.6) is 0 Å². The van der Waals surface area contributed by atoms with Crippen LogP contribution in [0.15, 0.2) is 36.9 Å². The predicted molar refractivity (Wildman–Crippen MR) is 74.3 cm³/mol. The summed E-state index contributed by atoms with van der Waals surface area (Å²) in [6, 6.07) is 7.67. The second kappa shape index (κ2) is 4.44. The van der Waals surface area contributed by atoms with Crippen molar-refractivity contribution in [1.29, 1.82) is 0 Å². The zero-order chi connectivity index (χ0) is 13.5. The lowest BCUT2D eigenvalue weighted by atomic mass is 10.0. The molecule has 0 spiro atoms. The van der Waals surface area contributed by atoms with Crippen molar-refractivity contribution in [3.63, 3.8) is 0 Å². The Bertz CT molecular complexity index is 610. The van der Waals surface area contributed by atoms with Gasteiger partial charge in [-0.1, -0.05) is 0 Å². The molecular formula is C15H16N4O. The van der Waals surface area contributed by atoms with Crippen LogP contribution in [-0.4, -0.2) is 20.7 Å². The quantitative estimate of drug-likeness (QED) is 0.928. The third-order valence-electron chi connectivity index (χ3n) is 4.43. The lowest BCUT2D eigenvalue weighted by molar-refractivity contribution is -0.120. The van der Waals surface area contributed by atoms with Crippen molar-refractivity contribution in [2.75, 3.05) is 5.32 Å².